The first-order chi connectivity index (χ1) is 10.1. The number of rotatable bonds is 8. The van der Waals surface area contributed by atoms with Crippen LogP contribution in [0.1, 0.15) is 74.7 Å². The molecule has 0 fully saturated rings. The van der Waals surface area contributed by atoms with Crippen molar-refractivity contribution in [3.8, 4) is 0 Å². The van der Waals surface area contributed by atoms with Crippen molar-refractivity contribution >= 4 is 5.97 Å². The van der Waals surface area contributed by atoms with Crippen molar-refractivity contribution in [3.63, 3.8) is 0 Å². The molecule has 0 aliphatic heterocycles. The van der Waals surface area contributed by atoms with E-state index in [4.69, 9.17) is 0 Å². The molecule has 0 bridgehead atoms. The number of carbonyl (C=O) groups is 1. The van der Waals surface area contributed by atoms with Crippen molar-refractivity contribution in [1.82, 2.24) is 0 Å². The summed E-state index contributed by atoms with van der Waals surface area (Å²) in [5.41, 5.74) is -0.878. The number of carboxylic acid groups (broad SMARTS) is 1. The summed E-state index contributed by atoms with van der Waals surface area (Å²) in [5.74, 6) is -0.938. The molecule has 0 radical (unpaired) electrons. The van der Waals surface area contributed by atoms with Crippen molar-refractivity contribution in [2.24, 2.45) is 22.2 Å². The highest BCUT2D eigenvalue weighted by Gasteiger charge is 2.32. The Kier molecular flexibility index (Phi) is 7.00. The highest BCUT2D eigenvalue weighted by Crippen LogP contribution is 2.36. The number of hydrogen-bond acceptors (Lipinski definition) is 3. The van der Waals surface area contributed by atoms with E-state index in [-0.39, 0.29) is 33.8 Å². The van der Waals surface area contributed by atoms with E-state index in [9.17, 15) is 20.0 Å². The van der Waals surface area contributed by atoms with Crippen molar-refractivity contribution in [2.75, 3.05) is 0 Å². The fourth-order valence-corrected chi connectivity index (χ4v) is 3.44. The molecule has 0 saturated heterocycles. The van der Waals surface area contributed by atoms with Gasteiger partial charge >= 0.3 is 5.97 Å². The van der Waals surface area contributed by atoms with Gasteiger partial charge in [0, 0.05) is 6.42 Å². The van der Waals surface area contributed by atoms with E-state index in [2.05, 4.69) is 20.8 Å². The predicted molar refractivity (Wildman–Crippen MR) is 92.7 cm³/mol. The van der Waals surface area contributed by atoms with Crippen LogP contribution in [0, 0.1) is 32.3 Å². The van der Waals surface area contributed by atoms with E-state index in [0.29, 0.717) is 6.42 Å². The van der Waals surface area contributed by atoms with Gasteiger partial charge in [-0.05, 0) is 49.5 Å². The average Bonchev–Trinajstić information content (AvgIpc) is 2.22. The highest BCUT2D eigenvalue weighted by molar-refractivity contribution is 5.73. The Hall–Kier alpha value is -1.39. The molecule has 1 unspecified atom stereocenters. The summed E-state index contributed by atoms with van der Waals surface area (Å²) < 4.78 is 0. The van der Waals surface area contributed by atoms with Crippen LogP contribution in [0.4, 0.5) is 0 Å². The molecule has 0 spiro atoms. The minimum absolute atomic E-state index is 0.0665. The van der Waals surface area contributed by atoms with Crippen LogP contribution < -0.4 is 0 Å². The quantitative estimate of drug-likeness (QED) is 0.494. The zero-order chi connectivity index (χ0) is 18.6. The lowest BCUT2D eigenvalue weighted by atomic mass is 9.75. The second kappa shape index (κ2) is 7.45. The van der Waals surface area contributed by atoms with Crippen LogP contribution in [0.5, 0.6) is 0 Å². The molecule has 0 rings (SSSR count). The molecule has 0 aliphatic rings. The van der Waals surface area contributed by atoms with Gasteiger partial charge in [-0.1, -0.05) is 41.5 Å². The fourth-order valence-electron chi connectivity index (χ4n) is 3.44. The van der Waals surface area contributed by atoms with Gasteiger partial charge in [-0.2, -0.15) is 0 Å². The van der Waals surface area contributed by atoms with Crippen LogP contribution in [0.25, 0.3) is 0 Å². The van der Waals surface area contributed by atoms with E-state index < -0.39 is 11.4 Å². The van der Waals surface area contributed by atoms with E-state index in [0.717, 1.165) is 6.42 Å². The first-order valence-corrected chi connectivity index (χ1v) is 8.15. The lowest BCUT2D eigenvalue weighted by Crippen LogP contribution is -2.26. The largest absolute Gasteiger partial charge is 0.481 e. The maximum Gasteiger partial charge on any atom is 0.309 e. The van der Waals surface area contributed by atoms with Crippen molar-refractivity contribution in [2.45, 2.75) is 74.7 Å². The molecule has 5 nitrogen and oxygen atoms in total. The average molecular weight is 327 g/mol. The van der Waals surface area contributed by atoms with E-state index in [1.54, 1.807) is 19.9 Å². The van der Waals surface area contributed by atoms with Crippen molar-refractivity contribution in [3.05, 3.63) is 21.9 Å². The monoisotopic (exact) mass is 327 g/mol. The number of hydrogen-bond donors (Lipinski definition) is 1. The molecule has 0 aromatic rings. The van der Waals surface area contributed by atoms with Gasteiger partial charge < -0.3 is 5.11 Å². The summed E-state index contributed by atoms with van der Waals surface area (Å²) >= 11 is 0. The smallest absolute Gasteiger partial charge is 0.309 e. The van der Waals surface area contributed by atoms with Crippen molar-refractivity contribution < 1.29 is 14.8 Å². The first-order valence-electron chi connectivity index (χ1n) is 8.15. The standard InChI is InChI=1S/C18H33NO4/c1-13(10-18(7,8)15(20)21)9-14(19(22)23)11-17(5,6)12-16(2,3)4/h11,13H,9-10,12H2,1-8H3,(H,20,21)/b14-11+. The van der Waals surface area contributed by atoms with E-state index in [1.165, 1.54) is 0 Å². The maximum atomic E-state index is 11.4. The van der Waals surface area contributed by atoms with Gasteiger partial charge in [-0.25, -0.2) is 0 Å². The number of allylic oxidation sites excluding steroid dienone is 2. The maximum absolute atomic E-state index is 11.4. The van der Waals surface area contributed by atoms with Gasteiger partial charge in [-0.15, -0.1) is 0 Å². The van der Waals surface area contributed by atoms with Gasteiger partial charge in [-0.3, -0.25) is 14.9 Å². The summed E-state index contributed by atoms with van der Waals surface area (Å²) in [7, 11) is 0. The second-order valence-corrected chi connectivity index (χ2v) is 9.32. The molecule has 1 N–H and O–H groups in total. The molecule has 0 aliphatic carbocycles. The minimum atomic E-state index is -0.873. The topological polar surface area (TPSA) is 80.4 Å². The molecule has 134 valence electrons. The van der Waals surface area contributed by atoms with Gasteiger partial charge in [0.2, 0.25) is 5.70 Å². The molecule has 5 heteroatoms. The summed E-state index contributed by atoms with van der Waals surface area (Å²) in [6.07, 6.45) is 3.29. The van der Waals surface area contributed by atoms with Gasteiger partial charge in [0.1, 0.15) is 0 Å². The van der Waals surface area contributed by atoms with Crippen LogP contribution in [0.15, 0.2) is 11.8 Å². The fraction of sp³-hybridized carbons (Fsp3) is 0.833. The molecule has 0 amide bonds. The normalized spacial score (nSPS) is 15.4. The molecular weight excluding hydrogens is 294 g/mol. The Morgan fingerprint density at radius 1 is 1.17 bits per heavy atom. The Labute approximate surface area is 140 Å². The molecule has 0 heterocycles. The number of nitrogens with zero attached hydrogens (tertiary/aromatic N) is 1. The third-order valence-corrected chi connectivity index (χ3v) is 3.77. The lowest BCUT2D eigenvalue weighted by Gasteiger charge is -2.30. The van der Waals surface area contributed by atoms with E-state index >= 15 is 0 Å². The molecule has 1 atom stereocenters. The van der Waals surface area contributed by atoms with Crippen LogP contribution in [-0.4, -0.2) is 16.0 Å². The van der Waals surface area contributed by atoms with Crippen LogP contribution >= 0.6 is 0 Å². The summed E-state index contributed by atoms with van der Waals surface area (Å²) in [5, 5.41) is 20.6. The minimum Gasteiger partial charge on any atom is -0.481 e. The van der Waals surface area contributed by atoms with Crippen LogP contribution in [0.3, 0.4) is 0 Å². The third kappa shape index (κ3) is 8.72. The molecule has 23 heavy (non-hydrogen) atoms. The highest BCUT2D eigenvalue weighted by atomic mass is 16.6. The Morgan fingerprint density at radius 3 is 2.00 bits per heavy atom. The Bertz CT molecular complexity index is 470. The summed E-state index contributed by atoms with van der Waals surface area (Å²) in [6.45, 7) is 15.6. The SMILES string of the molecule is CC(C/C(=C\C(C)(C)CC(C)(C)C)[N+](=O)[O-])CC(C)(C)C(=O)O. The molecule has 0 aromatic heterocycles. The number of carboxylic acids is 1. The summed E-state index contributed by atoms with van der Waals surface area (Å²) in [6, 6.07) is 0. The predicted octanol–water partition coefficient (Wildman–Crippen LogP) is 5.14. The molecule has 0 saturated carbocycles. The van der Waals surface area contributed by atoms with Crippen LogP contribution in [0.2, 0.25) is 0 Å². The van der Waals surface area contributed by atoms with Gasteiger partial charge in [0.25, 0.3) is 0 Å². The first kappa shape index (κ1) is 21.6. The third-order valence-electron chi connectivity index (χ3n) is 3.77. The second-order valence-electron chi connectivity index (χ2n) is 9.32. The number of aliphatic carboxylic acids is 1. The van der Waals surface area contributed by atoms with Gasteiger partial charge in [0.05, 0.1) is 10.3 Å². The Morgan fingerprint density at radius 2 is 1.65 bits per heavy atom. The Balaban J connectivity index is 5.18. The van der Waals surface area contributed by atoms with Gasteiger partial charge in [0.15, 0.2) is 0 Å². The van der Waals surface area contributed by atoms with E-state index in [1.807, 2.05) is 20.8 Å². The lowest BCUT2D eigenvalue weighted by molar-refractivity contribution is -0.429. The van der Waals surface area contributed by atoms with Crippen molar-refractivity contribution in [1.29, 1.82) is 0 Å². The molecule has 0 aromatic carbocycles. The number of nitro groups is 1. The zero-order valence-electron chi connectivity index (χ0n) is 15.9. The molecular formula is C18H33NO4. The zero-order valence-corrected chi connectivity index (χ0v) is 15.9. The summed E-state index contributed by atoms with van der Waals surface area (Å²) in [4.78, 5) is 22.3. The van der Waals surface area contributed by atoms with Crippen LogP contribution in [-0.2, 0) is 4.79 Å².